The third-order valence-electron chi connectivity index (χ3n) is 5.37. The molecule has 1 saturated carbocycles. The van der Waals surface area contributed by atoms with Crippen molar-refractivity contribution in [1.29, 1.82) is 0 Å². The van der Waals surface area contributed by atoms with E-state index in [1.54, 1.807) is 11.0 Å². The molecule has 1 aromatic rings. The quantitative estimate of drug-likeness (QED) is 0.861. The second kappa shape index (κ2) is 5.09. The van der Waals surface area contributed by atoms with Crippen LogP contribution >= 0.6 is 0 Å². The Kier molecular flexibility index (Phi) is 3.21. The summed E-state index contributed by atoms with van der Waals surface area (Å²) in [6.45, 7) is 0.686. The number of amides is 1. The van der Waals surface area contributed by atoms with E-state index in [1.807, 2.05) is 0 Å². The Morgan fingerprint density at radius 2 is 2.14 bits per heavy atom. The van der Waals surface area contributed by atoms with Crippen LogP contribution in [0.5, 0.6) is 0 Å². The summed E-state index contributed by atoms with van der Waals surface area (Å²) in [5.74, 6) is 0.525. The summed E-state index contributed by atoms with van der Waals surface area (Å²) in [7, 11) is 0. The summed E-state index contributed by atoms with van der Waals surface area (Å²) in [5.41, 5.74) is 1.86. The monoisotopic (exact) mass is 288 g/mol. The summed E-state index contributed by atoms with van der Waals surface area (Å²) in [4.78, 5) is 14.6. The molecule has 2 aliphatic heterocycles. The zero-order chi connectivity index (χ0) is 14.4. The molecule has 0 radical (unpaired) electrons. The van der Waals surface area contributed by atoms with E-state index in [9.17, 15) is 9.18 Å². The van der Waals surface area contributed by atoms with Crippen molar-refractivity contribution in [2.75, 3.05) is 11.4 Å². The van der Waals surface area contributed by atoms with Gasteiger partial charge >= 0.3 is 0 Å². The number of carbonyl (C=O) groups is 1. The Morgan fingerprint density at radius 3 is 3.00 bits per heavy atom. The average Bonchev–Trinajstić information content (AvgIpc) is 3.09. The van der Waals surface area contributed by atoms with Crippen LogP contribution in [0.4, 0.5) is 10.1 Å². The molecule has 0 spiro atoms. The summed E-state index contributed by atoms with van der Waals surface area (Å²) in [6.07, 6.45) is 6.78. The van der Waals surface area contributed by atoms with E-state index in [0.29, 0.717) is 18.5 Å². The van der Waals surface area contributed by atoms with Crippen molar-refractivity contribution in [3.8, 4) is 0 Å². The van der Waals surface area contributed by atoms with E-state index in [-0.39, 0.29) is 17.8 Å². The summed E-state index contributed by atoms with van der Waals surface area (Å²) < 4.78 is 13.5. The SMILES string of the molecule is O=C(C1CC2CCCCC2N1)N1CCc2ccc(F)cc21. The van der Waals surface area contributed by atoms with Gasteiger partial charge in [0.2, 0.25) is 5.91 Å². The van der Waals surface area contributed by atoms with Crippen LogP contribution in [0.3, 0.4) is 0 Å². The standard InChI is InChI=1S/C17H21FN2O/c18-13-6-5-11-7-8-20(16(11)10-13)17(21)15-9-12-3-1-2-4-14(12)19-15/h5-6,10,12,14-15,19H,1-4,7-9H2. The summed E-state index contributed by atoms with van der Waals surface area (Å²) >= 11 is 0. The van der Waals surface area contributed by atoms with E-state index in [0.717, 1.165) is 24.1 Å². The van der Waals surface area contributed by atoms with Crippen LogP contribution in [0, 0.1) is 11.7 Å². The van der Waals surface area contributed by atoms with Gasteiger partial charge in [-0.25, -0.2) is 4.39 Å². The topological polar surface area (TPSA) is 32.3 Å². The van der Waals surface area contributed by atoms with Crippen molar-refractivity contribution in [1.82, 2.24) is 5.32 Å². The number of anilines is 1. The first-order valence-corrected chi connectivity index (χ1v) is 8.08. The maximum Gasteiger partial charge on any atom is 0.244 e. The normalized spacial score (nSPS) is 31.1. The molecule has 1 amide bonds. The van der Waals surface area contributed by atoms with Gasteiger partial charge in [-0.15, -0.1) is 0 Å². The Balaban J connectivity index is 1.53. The van der Waals surface area contributed by atoms with Gasteiger partial charge in [0.05, 0.1) is 6.04 Å². The zero-order valence-corrected chi connectivity index (χ0v) is 12.1. The first-order chi connectivity index (χ1) is 10.2. The van der Waals surface area contributed by atoms with Gasteiger partial charge in [-0.05, 0) is 49.3 Å². The highest BCUT2D eigenvalue weighted by Gasteiger charge is 2.40. The number of benzene rings is 1. The average molecular weight is 288 g/mol. The minimum Gasteiger partial charge on any atom is -0.310 e. The second-order valence-electron chi connectivity index (χ2n) is 6.62. The van der Waals surface area contributed by atoms with Gasteiger partial charge in [0.15, 0.2) is 0 Å². The summed E-state index contributed by atoms with van der Waals surface area (Å²) in [5, 5.41) is 3.53. The second-order valence-corrected chi connectivity index (χ2v) is 6.62. The third kappa shape index (κ3) is 2.26. The lowest BCUT2D eigenvalue weighted by Gasteiger charge is -2.24. The molecule has 4 heteroatoms. The number of nitrogens with one attached hydrogen (secondary N) is 1. The number of hydrogen-bond acceptors (Lipinski definition) is 2. The number of halogens is 1. The highest BCUT2D eigenvalue weighted by Crippen LogP contribution is 2.35. The first kappa shape index (κ1) is 13.3. The fraction of sp³-hybridized carbons (Fsp3) is 0.588. The fourth-order valence-electron chi connectivity index (χ4n) is 4.28. The summed E-state index contributed by atoms with van der Waals surface area (Å²) in [6, 6.07) is 5.23. The molecule has 1 saturated heterocycles. The van der Waals surface area contributed by atoms with Gasteiger partial charge in [0, 0.05) is 18.3 Å². The number of carbonyl (C=O) groups excluding carboxylic acids is 1. The molecule has 1 aliphatic carbocycles. The molecular weight excluding hydrogens is 267 g/mol. The van der Waals surface area contributed by atoms with Gasteiger partial charge in [-0.2, -0.15) is 0 Å². The Labute approximate surface area is 124 Å². The smallest absolute Gasteiger partial charge is 0.244 e. The minimum atomic E-state index is -0.262. The predicted octanol–water partition coefficient (Wildman–Crippen LogP) is 2.64. The molecule has 3 atom stereocenters. The lowest BCUT2D eigenvalue weighted by Crippen LogP contribution is -2.45. The van der Waals surface area contributed by atoms with Crippen molar-refractivity contribution in [2.24, 2.45) is 5.92 Å². The van der Waals surface area contributed by atoms with Gasteiger partial charge in [0.25, 0.3) is 0 Å². The van der Waals surface area contributed by atoms with Crippen LogP contribution in [0.2, 0.25) is 0 Å². The van der Waals surface area contributed by atoms with Crippen LogP contribution in [0.15, 0.2) is 18.2 Å². The molecule has 1 N–H and O–H groups in total. The molecule has 3 unspecified atom stereocenters. The predicted molar refractivity (Wildman–Crippen MR) is 79.7 cm³/mol. The third-order valence-corrected chi connectivity index (χ3v) is 5.37. The Morgan fingerprint density at radius 1 is 1.29 bits per heavy atom. The molecule has 2 fully saturated rings. The van der Waals surface area contributed by atoms with Gasteiger partial charge in [-0.3, -0.25) is 4.79 Å². The molecule has 112 valence electrons. The van der Waals surface area contributed by atoms with Crippen molar-refractivity contribution < 1.29 is 9.18 Å². The van der Waals surface area contributed by atoms with Gasteiger partial charge in [-0.1, -0.05) is 18.9 Å². The molecule has 1 aromatic carbocycles. The Bertz CT molecular complexity index is 560. The molecular formula is C17H21FN2O. The van der Waals surface area contributed by atoms with Crippen LogP contribution in [-0.4, -0.2) is 24.5 Å². The van der Waals surface area contributed by atoms with E-state index in [2.05, 4.69) is 5.32 Å². The van der Waals surface area contributed by atoms with E-state index in [1.165, 1.54) is 37.8 Å². The van der Waals surface area contributed by atoms with Crippen molar-refractivity contribution >= 4 is 11.6 Å². The van der Waals surface area contributed by atoms with Crippen LogP contribution in [0.1, 0.15) is 37.7 Å². The van der Waals surface area contributed by atoms with Crippen molar-refractivity contribution in [2.45, 2.75) is 50.6 Å². The van der Waals surface area contributed by atoms with Gasteiger partial charge in [0.1, 0.15) is 5.82 Å². The number of rotatable bonds is 1. The van der Waals surface area contributed by atoms with E-state index < -0.39 is 0 Å². The van der Waals surface area contributed by atoms with E-state index in [4.69, 9.17) is 0 Å². The van der Waals surface area contributed by atoms with Crippen molar-refractivity contribution in [3.63, 3.8) is 0 Å². The minimum absolute atomic E-state index is 0.0766. The van der Waals surface area contributed by atoms with Crippen molar-refractivity contribution in [3.05, 3.63) is 29.6 Å². The molecule has 0 bridgehead atoms. The maximum absolute atomic E-state index is 13.5. The molecule has 21 heavy (non-hydrogen) atoms. The highest BCUT2D eigenvalue weighted by molar-refractivity contribution is 5.99. The number of fused-ring (bicyclic) bond motifs is 2. The largest absolute Gasteiger partial charge is 0.310 e. The van der Waals surface area contributed by atoms with Crippen LogP contribution in [-0.2, 0) is 11.2 Å². The van der Waals surface area contributed by atoms with E-state index >= 15 is 0 Å². The molecule has 0 aromatic heterocycles. The Hall–Kier alpha value is -1.42. The lowest BCUT2D eigenvalue weighted by molar-refractivity contribution is -0.120. The first-order valence-electron chi connectivity index (χ1n) is 8.08. The fourth-order valence-corrected chi connectivity index (χ4v) is 4.28. The zero-order valence-electron chi connectivity index (χ0n) is 12.1. The van der Waals surface area contributed by atoms with Crippen LogP contribution in [0.25, 0.3) is 0 Å². The highest BCUT2D eigenvalue weighted by atomic mass is 19.1. The molecule has 3 nitrogen and oxygen atoms in total. The van der Waals surface area contributed by atoms with Crippen LogP contribution < -0.4 is 10.2 Å². The number of nitrogens with zero attached hydrogens (tertiary/aromatic N) is 1. The molecule has 2 heterocycles. The van der Waals surface area contributed by atoms with Gasteiger partial charge < -0.3 is 10.2 Å². The molecule has 4 rings (SSSR count). The maximum atomic E-state index is 13.5. The lowest BCUT2D eigenvalue weighted by atomic mass is 9.85. The molecule has 3 aliphatic rings. The number of hydrogen-bond donors (Lipinski definition) is 1.